The summed E-state index contributed by atoms with van der Waals surface area (Å²) in [5, 5.41) is 10.1. The van der Waals surface area contributed by atoms with Crippen molar-refractivity contribution in [3.63, 3.8) is 0 Å². The second-order valence-electron chi connectivity index (χ2n) is 6.19. The Hall–Kier alpha value is -1.02. The Morgan fingerprint density at radius 2 is 1.75 bits per heavy atom. The van der Waals surface area contributed by atoms with Crippen LogP contribution in [0.5, 0.6) is 5.75 Å². The van der Waals surface area contributed by atoms with E-state index in [0.717, 1.165) is 25.0 Å². The Morgan fingerprint density at radius 1 is 1.10 bits per heavy atom. The standard InChI is InChI=1S/C18H28O2/c1-3-4-5-6-7-8-9-11-15-16(18(2)14-20-18)12-10-13-17(15)19/h10,12-13,19H,3-9,11,14H2,1-2H3. The van der Waals surface area contributed by atoms with Crippen molar-refractivity contribution in [2.45, 2.75) is 70.8 Å². The van der Waals surface area contributed by atoms with Crippen molar-refractivity contribution in [2.24, 2.45) is 0 Å². The van der Waals surface area contributed by atoms with Crippen molar-refractivity contribution in [1.29, 1.82) is 0 Å². The van der Waals surface area contributed by atoms with Gasteiger partial charge in [0, 0.05) is 5.56 Å². The van der Waals surface area contributed by atoms with Crippen LogP contribution >= 0.6 is 0 Å². The fourth-order valence-electron chi connectivity index (χ4n) is 2.86. The van der Waals surface area contributed by atoms with E-state index < -0.39 is 0 Å². The predicted molar refractivity (Wildman–Crippen MR) is 83.1 cm³/mol. The molecule has 1 aliphatic heterocycles. The molecule has 1 unspecified atom stereocenters. The molecule has 1 aromatic carbocycles. The summed E-state index contributed by atoms with van der Waals surface area (Å²) in [5.41, 5.74) is 2.14. The first-order valence-corrected chi connectivity index (χ1v) is 8.12. The van der Waals surface area contributed by atoms with Crippen molar-refractivity contribution in [2.75, 3.05) is 6.61 Å². The monoisotopic (exact) mass is 276 g/mol. The molecule has 1 aliphatic rings. The summed E-state index contributed by atoms with van der Waals surface area (Å²) in [6.45, 7) is 5.14. The molecule has 0 radical (unpaired) electrons. The average molecular weight is 276 g/mol. The Morgan fingerprint density at radius 3 is 2.40 bits per heavy atom. The van der Waals surface area contributed by atoms with Gasteiger partial charge in [-0.25, -0.2) is 0 Å². The van der Waals surface area contributed by atoms with Crippen molar-refractivity contribution in [1.82, 2.24) is 0 Å². The van der Waals surface area contributed by atoms with E-state index in [4.69, 9.17) is 4.74 Å². The van der Waals surface area contributed by atoms with Crippen LogP contribution in [0, 0.1) is 0 Å². The van der Waals surface area contributed by atoms with Gasteiger partial charge < -0.3 is 9.84 Å². The molecular weight excluding hydrogens is 248 g/mol. The van der Waals surface area contributed by atoms with Crippen LogP contribution in [0.1, 0.15) is 69.9 Å². The summed E-state index contributed by atoms with van der Waals surface area (Å²) in [6, 6.07) is 5.82. The van der Waals surface area contributed by atoms with Gasteiger partial charge in [0.1, 0.15) is 11.4 Å². The third kappa shape index (κ3) is 3.99. The molecule has 2 nitrogen and oxygen atoms in total. The lowest BCUT2D eigenvalue weighted by atomic mass is 9.92. The second kappa shape index (κ2) is 7.12. The quantitative estimate of drug-likeness (QED) is 0.512. The molecular formula is C18H28O2. The zero-order valence-electron chi connectivity index (χ0n) is 13.0. The number of phenols is 1. The molecule has 1 aromatic rings. The van der Waals surface area contributed by atoms with Crippen LogP contribution in [0.25, 0.3) is 0 Å². The lowest BCUT2D eigenvalue weighted by Gasteiger charge is -2.14. The van der Waals surface area contributed by atoms with Gasteiger partial charge in [0.05, 0.1) is 6.61 Å². The van der Waals surface area contributed by atoms with Gasteiger partial charge in [-0.2, -0.15) is 0 Å². The lowest BCUT2D eigenvalue weighted by Crippen LogP contribution is -2.07. The van der Waals surface area contributed by atoms with Gasteiger partial charge in [-0.15, -0.1) is 0 Å². The topological polar surface area (TPSA) is 32.8 Å². The summed E-state index contributed by atoms with van der Waals surface area (Å²) in [5.74, 6) is 0.435. The van der Waals surface area contributed by atoms with Crippen LogP contribution in [0.2, 0.25) is 0 Å². The first-order chi connectivity index (χ1) is 9.67. The van der Waals surface area contributed by atoms with Gasteiger partial charge in [-0.3, -0.25) is 0 Å². The van der Waals surface area contributed by atoms with Crippen LogP contribution in [-0.2, 0) is 16.8 Å². The van der Waals surface area contributed by atoms with Gasteiger partial charge in [0.15, 0.2) is 0 Å². The van der Waals surface area contributed by atoms with Crippen molar-refractivity contribution >= 4 is 0 Å². The zero-order chi connectivity index (χ0) is 14.4. The molecule has 0 bridgehead atoms. The highest BCUT2D eigenvalue weighted by Crippen LogP contribution is 2.42. The molecule has 0 aliphatic carbocycles. The van der Waals surface area contributed by atoms with Crippen LogP contribution < -0.4 is 0 Å². The van der Waals surface area contributed by atoms with E-state index in [1.54, 1.807) is 6.07 Å². The smallest absolute Gasteiger partial charge is 0.119 e. The molecule has 0 spiro atoms. The minimum absolute atomic E-state index is 0.144. The predicted octanol–water partition coefficient (Wildman–Crippen LogP) is 4.93. The third-order valence-electron chi connectivity index (χ3n) is 4.33. The number of aromatic hydroxyl groups is 1. The number of phenolic OH excluding ortho intramolecular Hbond substituents is 1. The Kier molecular flexibility index (Phi) is 5.47. The molecule has 0 saturated carbocycles. The molecule has 0 aromatic heterocycles. The van der Waals surface area contributed by atoms with Gasteiger partial charge in [-0.05, 0) is 31.4 Å². The molecule has 1 heterocycles. The number of hydrogen-bond acceptors (Lipinski definition) is 2. The maximum absolute atomic E-state index is 10.1. The minimum atomic E-state index is -0.144. The highest BCUT2D eigenvalue weighted by Gasteiger charge is 2.42. The molecule has 1 N–H and O–H groups in total. The van der Waals surface area contributed by atoms with E-state index in [1.165, 1.54) is 44.1 Å². The van der Waals surface area contributed by atoms with Crippen molar-refractivity contribution < 1.29 is 9.84 Å². The molecule has 1 saturated heterocycles. The van der Waals surface area contributed by atoms with E-state index in [-0.39, 0.29) is 5.60 Å². The summed E-state index contributed by atoms with van der Waals surface area (Å²) in [6.07, 6.45) is 10.1. The maximum atomic E-state index is 10.1. The van der Waals surface area contributed by atoms with Crippen LogP contribution in [0.4, 0.5) is 0 Å². The van der Waals surface area contributed by atoms with Gasteiger partial charge in [-0.1, -0.05) is 57.6 Å². The van der Waals surface area contributed by atoms with E-state index in [9.17, 15) is 5.11 Å². The molecule has 2 heteroatoms. The fourth-order valence-corrected chi connectivity index (χ4v) is 2.86. The number of rotatable bonds is 9. The number of benzene rings is 1. The number of unbranched alkanes of at least 4 members (excludes halogenated alkanes) is 6. The van der Waals surface area contributed by atoms with E-state index >= 15 is 0 Å². The summed E-state index contributed by atoms with van der Waals surface area (Å²) < 4.78 is 5.54. The van der Waals surface area contributed by atoms with Crippen LogP contribution in [-0.4, -0.2) is 11.7 Å². The van der Waals surface area contributed by atoms with E-state index in [1.807, 2.05) is 6.07 Å². The van der Waals surface area contributed by atoms with E-state index in [0.29, 0.717) is 5.75 Å². The molecule has 1 atom stereocenters. The van der Waals surface area contributed by atoms with Gasteiger partial charge >= 0.3 is 0 Å². The lowest BCUT2D eigenvalue weighted by molar-refractivity contribution is 0.326. The second-order valence-corrected chi connectivity index (χ2v) is 6.19. The molecule has 2 rings (SSSR count). The average Bonchev–Trinajstić information content (AvgIpc) is 3.18. The normalized spacial score (nSPS) is 21.1. The molecule has 112 valence electrons. The van der Waals surface area contributed by atoms with Gasteiger partial charge in [0.25, 0.3) is 0 Å². The van der Waals surface area contributed by atoms with Gasteiger partial charge in [0.2, 0.25) is 0 Å². The first-order valence-electron chi connectivity index (χ1n) is 8.12. The summed E-state index contributed by atoms with van der Waals surface area (Å²) >= 11 is 0. The minimum Gasteiger partial charge on any atom is -0.508 e. The van der Waals surface area contributed by atoms with Crippen LogP contribution in [0.3, 0.4) is 0 Å². The molecule has 0 amide bonds. The SMILES string of the molecule is CCCCCCCCCc1c(O)cccc1C1(C)CO1. The Labute approximate surface area is 123 Å². The summed E-state index contributed by atoms with van der Waals surface area (Å²) in [7, 11) is 0. The van der Waals surface area contributed by atoms with Crippen molar-refractivity contribution in [3.8, 4) is 5.75 Å². The fraction of sp³-hybridized carbons (Fsp3) is 0.667. The third-order valence-corrected chi connectivity index (χ3v) is 4.33. The highest BCUT2D eigenvalue weighted by atomic mass is 16.6. The summed E-state index contributed by atoms with van der Waals surface area (Å²) in [4.78, 5) is 0. The molecule has 1 fully saturated rings. The van der Waals surface area contributed by atoms with E-state index in [2.05, 4.69) is 19.9 Å². The van der Waals surface area contributed by atoms with Crippen LogP contribution in [0.15, 0.2) is 18.2 Å². The Balaban J connectivity index is 1.81. The number of hydrogen-bond donors (Lipinski definition) is 1. The Bertz CT molecular complexity index is 421. The zero-order valence-corrected chi connectivity index (χ0v) is 13.0. The van der Waals surface area contributed by atoms with Crippen molar-refractivity contribution in [3.05, 3.63) is 29.3 Å². The highest BCUT2D eigenvalue weighted by molar-refractivity contribution is 5.44. The number of epoxide rings is 1. The molecule has 20 heavy (non-hydrogen) atoms. The number of ether oxygens (including phenoxy) is 1. The maximum Gasteiger partial charge on any atom is 0.119 e. The largest absolute Gasteiger partial charge is 0.508 e. The first kappa shape index (κ1) is 15.4.